The largest absolute Gasteiger partial charge is 0.465 e. The van der Waals surface area contributed by atoms with Crippen molar-refractivity contribution in [2.75, 3.05) is 6.54 Å². The Hall–Kier alpha value is -2.16. The fourth-order valence-electron chi connectivity index (χ4n) is 2.69. The third-order valence-corrected chi connectivity index (χ3v) is 4.41. The van der Waals surface area contributed by atoms with Crippen molar-refractivity contribution in [2.45, 2.75) is 37.8 Å². The first-order valence-corrected chi connectivity index (χ1v) is 8.37. The molecule has 0 bridgehead atoms. The lowest BCUT2D eigenvalue weighted by Crippen LogP contribution is -2.56. The van der Waals surface area contributed by atoms with Gasteiger partial charge in [-0.25, -0.2) is 9.78 Å². The molecular formula is C15H19BrN4O4. The molecule has 2 rings (SSSR count). The maximum Gasteiger partial charge on any atom is 0.407 e. The minimum atomic E-state index is -1.14. The number of hydrogen-bond donors (Lipinski definition) is 3. The van der Waals surface area contributed by atoms with Gasteiger partial charge in [-0.1, -0.05) is 6.07 Å². The van der Waals surface area contributed by atoms with Crippen molar-refractivity contribution in [1.29, 1.82) is 0 Å². The zero-order chi connectivity index (χ0) is 17.7. The van der Waals surface area contributed by atoms with Gasteiger partial charge in [0, 0.05) is 19.2 Å². The van der Waals surface area contributed by atoms with Gasteiger partial charge in [0.05, 0.1) is 0 Å². The Morgan fingerprint density at radius 1 is 1.42 bits per heavy atom. The molecule has 1 aromatic rings. The van der Waals surface area contributed by atoms with Crippen LogP contribution in [-0.2, 0) is 16.0 Å². The molecule has 3 amide bonds. The van der Waals surface area contributed by atoms with Gasteiger partial charge in [-0.15, -0.1) is 0 Å². The molecule has 9 heteroatoms. The van der Waals surface area contributed by atoms with Gasteiger partial charge in [0.2, 0.25) is 11.8 Å². The first-order chi connectivity index (χ1) is 11.4. The highest BCUT2D eigenvalue weighted by Gasteiger charge is 2.33. The van der Waals surface area contributed by atoms with Gasteiger partial charge < -0.3 is 16.2 Å². The second-order valence-corrected chi connectivity index (χ2v) is 6.46. The van der Waals surface area contributed by atoms with Gasteiger partial charge in [0.25, 0.3) is 0 Å². The second kappa shape index (κ2) is 8.09. The fraction of sp³-hybridized carbons (Fsp3) is 0.467. The van der Waals surface area contributed by atoms with Crippen LogP contribution in [-0.4, -0.2) is 51.5 Å². The number of pyridine rings is 1. The first kappa shape index (κ1) is 18.2. The van der Waals surface area contributed by atoms with E-state index in [1.54, 1.807) is 18.3 Å². The topological polar surface area (TPSA) is 126 Å². The van der Waals surface area contributed by atoms with Gasteiger partial charge in [-0.05, 0) is 46.8 Å². The predicted octanol–water partition coefficient (Wildman–Crippen LogP) is 0.889. The Morgan fingerprint density at radius 2 is 2.17 bits per heavy atom. The van der Waals surface area contributed by atoms with Crippen molar-refractivity contribution in [3.63, 3.8) is 0 Å². The molecule has 1 unspecified atom stereocenters. The third kappa shape index (κ3) is 4.67. The minimum Gasteiger partial charge on any atom is -0.465 e. The number of carbonyl (C=O) groups is 3. The summed E-state index contributed by atoms with van der Waals surface area (Å²) in [4.78, 5) is 40.5. The van der Waals surface area contributed by atoms with E-state index in [1.165, 1.54) is 0 Å². The predicted molar refractivity (Wildman–Crippen MR) is 89.1 cm³/mol. The Bertz CT molecular complexity index is 622. The molecule has 1 aromatic heterocycles. The Kier molecular flexibility index (Phi) is 6.13. The van der Waals surface area contributed by atoms with Crippen LogP contribution in [0.1, 0.15) is 24.8 Å². The molecule has 1 aliphatic rings. The average Bonchev–Trinajstić information content (AvgIpc) is 2.56. The molecule has 2 atom stereocenters. The number of aromatic nitrogens is 1. The van der Waals surface area contributed by atoms with Crippen LogP contribution >= 0.6 is 15.9 Å². The molecule has 0 aliphatic carbocycles. The number of nitrogens with two attached hydrogens (primary N) is 1. The molecule has 0 spiro atoms. The van der Waals surface area contributed by atoms with Crippen LogP contribution in [0.2, 0.25) is 0 Å². The minimum absolute atomic E-state index is 0.196. The number of carboxylic acid groups (broad SMARTS) is 1. The van der Waals surface area contributed by atoms with Crippen LogP contribution in [0.15, 0.2) is 22.9 Å². The van der Waals surface area contributed by atoms with Gasteiger partial charge in [-0.3, -0.25) is 14.5 Å². The monoisotopic (exact) mass is 398 g/mol. The van der Waals surface area contributed by atoms with E-state index in [2.05, 4.69) is 26.2 Å². The summed E-state index contributed by atoms with van der Waals surface area (Å²) in [6.45, 7) is 0.311. The fourth-order valence-corrected chi connectivity index (χ4v) is 2.92. The quantitative estimate of drug-likeness (QED) is 0.634. The molecule has 0 aromatic carbocycles. The molecule has 0 radical (unpaired) electrons. The molecule has 130 valence electrons. The van der Waals surface area contributed by atoms with Crippen molar-refractivity contribution in [3.05, 3.63) is 28.5 Å². The second-order valence-electron chi connectivity index (χ2n) is 5.64. The lowest BCUT2D eigenvalue weighted by Gasteiger charge is -2.33. The number of primary amides is 1. The number of piperidine rings is 1. The van der Waals surface area contributed by atoms with Crippen LogP contribution in [0.4, 0.5) is 4.79 Å². The number of carbonyl (C=O) groups excluding carboxylic acids is 2. The Morgan fingerprint density at radius 3 is 2.75 bits per heavy atom. The number of rotatable bonds is 5. The highest BCUT2D eigenvalue weighted by Crippen LogP contribution is 2.17. The Balaban J connectivity index is 2.06. The van der Waals surface area contributed by atoms with E-state index in [9.17, 15) is 19.5 Å². The molecule has 2 heterocycles. The number of likely N-dealkylation sites (tertiary alicyclic amines) is 1. The smallest absolute Gasteiger partial charge is 0.407 e. The Labute approximate surface area is 147 Å². The van der Waals surface area contributed by atoms with E-state index in [0.717, 1.165) is 23.3 Å². The van der Waals surface area contributed by atoms with Gasteiger partial charge in [0.15, 0.2) is 0 Å². The van der Waals surface area contributed by atoms with E-state index in [0.29, 0.717) is 17.6 Å². The maximum absolute atomic E-state index is 12.4. The third-order valence-electron chi connectivity index (χ3n) is 3.94. The summed E-state index contributed by atoms with van der Waals surface area (Å²) in [5.41, 5.74) is 6.11. The standard InChI is InChI=1S/C15H19BrN4O4/c16-12-5-4-9(8-18-12)7-10(13(17)21)19-14(22)11-3-1-2-6-20(11)15(23)24/h4-5,8,10-11H,1-3,6-7H2,(H2,17,21)(H,19,22)(H,23,24)/t10-,11?/m0/s1. The van der Waals surface area contributed by atoms with Crippen LogP contribution in [0.3, 0.4) is 0 Å². The summed E-state index contributed by atoms with van der Waals surface area (Å²) >= 11 is 3.22. The van der Waals surface area contributed by atoms with Crippen molar-refractivity contribution >= 4 is 33.8 Å². The first-order valence-electron chi connectivity index (χ1n) is 7.58. The molecule has 4 N–H and O–H groups in total. The summed E-state index contributed by atoms with van der Waals surface area (Å²) < 4.78 is 0.658. The van der Waals surface area contributed by atoms with E-state index < -0.39 is 30.0 Å². The summed E-state index contributed by atoms with van der Waals surface area (Å²) in [6.07, 6.45) is 2.56. The van der Waals surface area contributed by atoms with Crippen molar-refractivity contribution in [2.24, 2.45) is 5.73 Å². The number of halogens is 1. The number of nitrogens with one attached hydrogen (secondary N) is 1. The van der Waals surface area contributed by atoms with Gasteiger partial charge in [0.1, 0.15) is 16.7 Å². The molecule has 1 fully saturated rings. The highest BCUT2D eigenvalue weighted by atomic mass is 79.9. The average molecular weight is 399 g/mol. The van der Waals surface area contributed by atoms with Gasteiger partial charge in [-0.2, -0.15) is 0 Å². The summed E-state index contributed by atoms with van der Waals surface area (Å²) in [5, 5.41) is 11.8. The van der Waals surface area contributed by atoms with Crippen LogP contribution in [0.25, 0.3) is 0 Å². The lowest BCUT2D eigenvalue weighted by atomic mass is 10.0. The normalized spacial score (nSPS) is 18.7. The summed E-state index contributed by atoms with van der Waals surface area (Å²) in [5.74, 6) is -1.17. The molecular weight excluding hydrogens is 380 g/mol. The summed E-state index contributed by atoms with van der Waals surface area (Å²) in [7, 11) is 0. The number of amides is 3. The maximum atomic E-state index is 12.4. The van der Waals surface area contributed by atoms with Crippen molar-refractivity contribution in [3.8, 4) is 0 Å². The van der Waals surface area contributed by atoms with E-state index in [4.69, 9.17) is 5.73 Å². The number of nitrogens with zero attached hydrogens (tertiary/aromatic N) is 2. The molecule has 0 saturated carbocycles. The van der Waals surface area contributed by atoms with Gasteiger partial charge >= 0.3 is 6.09 Å². The van der Waals surface area contributed by atoms with Crippen molar-refractivity contribution in [1.82, 2.24) is 15.2 Å². The zero-order valence-corrected chi connectivity index (χ0v) is 14.5. The van der Waals surface area contributed by atoms with Crippen LogP contribution < -0.4 is 11.1 Å². The van der Waals surface area contributed by atoms with Crippen LogP contribution in [0, 0.1) is 0 Å². The van der Waals surface area contributed by atoms with E-state index >= 15 is 0 Å². The van der Waals surface area contributed by atoms with Crippen LogP contribution in [0.5, 0.6) is 0 Å². The molecule has 1 aliphatic heterocycles. The van der Waals surface area contributed by atoms with E-state index in [-0.39, 0.29) is 6.42 Å². The van der Waals surface area contributed by atoms with Crippen molar-refractivity contribution < 1.29 is 19.5 Å². The molecule has 8 nitrogen and oxygen atoms in total. The molecule has 24 heavy (non-hydrogen) atoms. The highest BCUT2D eigenvalue weighted by molar-refractivity contribution is 9.10. The SMILES string of the molecule is NC(=O)[C@H](Cc1ccc(Br)nc1)NC(=O)C1CCCCN1C(=O)O. The lowest BCUT2D eigenvalue weighted by molar-refractivity contribution is -0.131. The molecule has 1 saturated heterocycles. The number of hydrogen-bond acceptors (Lipinski definition) is 4. The van der Waals surface area contributed by atoms with E-state index in [1.807, 2.05) is 0 Å². The summed E-state index contributed by atoms with van der Waals surface area (Å²) in [6, 6.07) is 1.78. The zero-order valence-electron chi connectivity index (χ0n) is 12.9.